The molecule has 34 heavy (non-hydrogen) atoms. The average Bonchev–Trinajstić information content (AvgIpc) is 2.98. The fraction of sp³-hybridized carbons (Fsp3) is 0.692. The van der Waals surface area contributed by atoms with E-state index in [0.29, 0.717) is 0 Å². The molecule has 0 bridgehead atoms. The fourth-order valence-electron chi connectivity index (χ4n) is 7.62. The number of Topliss-reactive ketones (excluding diaryl/α,β-unsaturated/α-hetero) is 2. The lowest BCUT2D eigenvalue weighted by molar-refractivity contribution is -0.228. The number of halogens is 1. The topological polar surface area (TPSA) is 118 Å². The molecular formula is C26H33FO7. The van der Waals surface area contributed by atoms with Crippen molar-refractivity contribution in [1.29, 1.82) is 0 Å². The Labute approximate surface area is 198 Å². The molecule has 0 radical (unpaired) electrons. The van der Waals surface area contributed by atoms with Crippen LogP contribution in [0.2, 0.25) is 0 Å². The molecule has 0 aromatic heterocycles. The van der Waals surface area contributed by atoms with Gasteiger partial charge in [0.25, 0.3) is 0 Å². The van der Waals surface area contributed by atoms with Crippen molar-refractivity contribution in [3.05, 3.63) is 23.8 Å². The minimum absolute atomic E-state index is 0.0522. The number of carbonyl (C=O) groups excluding carboxylic acids is 4. The molecule has 4 aliphatic carbocycles. The minimum Gasteiger partial charge on any atom is -0.450 e. The Morgan fingerprint density at radius 2 is 1.88 bits per heavy atom. The van der Waals surface area contributed by atoms with E-state index in [0.717, 1.165) is 6.08 Å². The van der Waals surface area contributed by atoms with E-state index in [1.54, 1.807) is 27.7 Å². The molecule has 0 saturated heterocycles. The molecule has 4 rings (SSSR count). The van der Waals surface area contributed by atoms with Gasteiger partial charge in [0.15, 0.2) is 22.8 Å². The number of rotatable bonds is 4. The van der Waals surface area contributed by atoms with Crippen LogP contribution < -0.4 is 0 Å². The van der Waals surface area contributed by atoms with Crippen molar-refractivity contribution in [2.75, 3.05) is 6.61 Å². The molecule has 186 valence electrons. The molecule has 0 aliphatic heterocycles. The lowest BCUT2D eigenvalue weighted by Gasteiger charge is -2.62. The van der Waals surface area contributed by atoms with Gasteiger partial charge in [0.1, 0.15) is 6.61 Å². The number of alkyl halides is 1. The van der Waals surface area contributed by atoms with E-state index in [2.05, 4.69) is 0 Å². The molecule has 2 N–H and O–H groups in total. The molecule has 3 saturated carbocycles. The number of hydrogen-bond donors (Lipinski definition) is 2. The van der Waals surface area contributed by atoms with Gasteiger partial charge < -0.3 is 14.9 Å². The third kappa shape index (κ3) is 2.81. The molecule has 8 heteroatoms. The molecule has 0 spiro atoms. The molecule has 3 fully saturated rings. The van der Waals surface area contributed by atoms with Gasteiger partial charge in [-0.25, -0.2) is 4.39 Å². The van der Waals surface area contributed by atoms with Gasteiger partial charge in [-0.15, -0.1) is 0 Å². The second kappa shape index (κ2) is 7.65. The first-order chi connectivity index (χ1) is 15.7. The number of aliphatic hydroxyl groups is 2. The van der Waals surface area contributed by atoms with Crippen LogP contribution in [0.25, 0.3) is 0 Å². The summed E-state index contributed by atoms with van der Waals surface area (Å²) in [6.45, 7) is 7.35. The zero-order valence-corrected chi connectivity index (χ0v) is 20.3. The minimum atomic E-state index is -2.27. The number of ketones is 3. The first-order valence-corrected chi connectivity index (χ1v) is 11.9. The van der Waals surface area contributed by atoms with Crippen molar-refractivity contribution in [3.63, 3.8) is 0 Å². The van der Waals surface area contributed by atoms with E-state index in [1.807, 2.05) is 0 Å². The van der Waals surface area contributed by atoms with E-state index in [9.17, 15) is 29.4 Å². The van der Waals surface area contributed by atoms with Crippen LogP contribution in [0.3, 0.4) is 0 Å². The molecule has 0 unspecified atom stereocenters. The van der Waals surface area contributed by atoms with Crippen molar-refractivity contribution < 1.29 is 38.5 Å². The number of carbonyl (C=O) groups is 4. The number of hydrogen-bond acceptors (Lipinski definition) is 7. The second-order valence-electron chi connectivity index (χ2n) is 11.3. The summed E-state index contributed by atoms with van der Waals surface area (Å²) in [7, 11) is 0. The molecule has 0 aromatic carbocycles. The first-order valence-electron chi connectivity index (χ1n) is 11.9. The van der Waals surface area contributed by atoms with Gasteiger partial charge in [-0.05, 0) is 37.8 Å². The van der Waals surface area contributed by atoms with E-state index < -0.39 is 76.0 Å². The van der Waals surface area contributed by atoms with Crippen LogP contribution in [0.15, 0.2) is 23.8 Å². The summed E-state index contributed by atoms with van der Waals surface area (Å²) in [6.07, 6.45) is 2.00. The second-order valence-corrected chi connectivity index (χ2v) is 11.3. The van der Waals surface area contributed by atoms with Crippen LogP contribution in [0.5, 0.6) is 0 Å². The highest BCUT2D eigenvalue weighted by Gasteiger charge is 2.78. The summed E-state index contributed by atoms with van der Waals surface area (Å²) in [5, 5.41) is 21.3. The zero-order valence-electron chi connectivity index (χ0n) is 20.3. The van der Waals surface area contributed by atoms with Gasteiger partial charge in [-0.3, -0.25) is 19.2 Å². The van der Waals surface area contributed by atoms with Crippen molar-refractivity contribution >= 4 is 23.3 Å². The Morgan fingerprint density at radius 1 is 1.24 bits per heavy atom. The van der Waals surface area contributed by atoms with Crippen LogP contribution in [-0.4, -0.2) is 57.5 Å². The van der Waals surface area contributed by atoms with Crippen LogP contribution in [0.1, 0.15) is 53.9 Å². The van der Waals surface area contributed by atoms with E-state index in [1.165, 1.54) is 19.1 Å². The average molecular weight is 477 g/mol. The van der Waals surface area contributed by atoms with Crippen molar-refractivity contribution in [1.82, 2.24) is 0 Å². The highest BCUT2D eigenvalue weighted by atomic mass is 19.1. The highest BCUT2D eigenvalue weighted by Crippen LogP contribution is 2.71. The maximum atomic E-state index is 17.2. The summed E-state index contributed by atoms with van der Waals surface area (Å²) >= 11 is 0. The third-order valence-electron chi connectivity index (χ3n) is 9.32. The Balaban J connectivity index is 1.88. The smallest absolute Gasteiger partial charge is 0.309 e. The van der Waals surface area contributed by atoms with Crippen molar-refractivity contribution in [3.8, 4) is 0 Å². The van der Waals surface area contributed by atoms with E-state index in [4.69, 9.17) is 4.74 Å². The maximum absolute atomic E-state index is 17.2. The molecule has 0 heterocycles. The Morgan fingerprint density at radius 3 is 2.47 bits per heavy atom. The van der Waals surface area contributed by atoms with E-state index in [-0.39, 0.29) is 30.6 Å². The standard InChI is InChI=1S/C26H33FO7/c1-13(2)22(33)34-26(21(32)12-28)14(3)8-16-17-10-19(30)18-9-15(29)6-7-23(18,4)25(17,27)20(31)11-24(16,26)5/h6-7,9,13-14,16-17,20,28,31H,8,10-12H2,1-5H3/t14-,16-,17-,20-,23-,24-,25-,26+/m0/s1. The Kier molecular flexibility index (Phi) is 5.61. The first kappa shape index (κ1) is 24.9. The summed E-state index contributed by atoms with van der Waals surface area (Å²) in [6, 6.07) is 0. The number of aliphatic hydroxyl groups excluding tert-OH is 2. The van der Waals surface area contributed by atoms with Crippen LogP contribution >= 0.6 is 0 Å². The Bertz CT molecular complexity index is 1030. The molecule has 8 atom stereocenters. The van der Waals surface area contributed by atoms with Crippen LogP contribution in [0, 0.1) is 34.5 Å². The van der Waals surface area contributed by atoms with Crippen molar-refractivity contribution in [2.24, 2.45) is 34.5 Å². The maximum Gasteiger partial charge on any atom is 0.309 e. The van der Waals surface area contributed by atoms with Crippen molar-refractivity contribution in [2.45, 2.75) is 71.3 Å². The molecule has 0 amide bonds. The normalized spacial score (nSPS) is 45.4. The van der Waals surface area contributed by atoms with Gasteiger partial charge in [0, 0.05) is 29.2 Å². The lowest BCUT2D eigenvalue weighted by atomic mass is 9.44. The largest absolute Gasteiger partial charge is 0.450 e. The summed E-state index contributed by atoms with van der Waals surface area (Å²) < 4.78 is 23.1. The predicted molar refractivity (Wildman–Crippen MR) is 119 cm³/mol. The molecule has 0 aromatic rings. The Hall–Kier alpha value is -2.19. The summed E-state index contributed by atoms with van der Waals surface area (Å²) in [5.41, 5.74) is -6.69. The molecule has 4 aliphatic rings. The SMILES string of the molecule is CC(C)C(=O)O[C@@]1(C(=O)CO)[C@@H](C)C[C@H]2[C@@H]3CC(=O)C4=CC(=O)C=C[C@]4(C)[C@@]3(F)[C@@H](O)C[C@@]21C. The quantitative estimate of drug-likeness (QED) is 0.598. The van der Waals surface area contributed by atoms with Gasteiger partial charge in [0.05, 0.1) is 17.4 Å². The summed E-state index contributed by atoms with van der Waals surface area (Å²) in [5.74, 6) is -4.74. The fourth-order valence-corrected chi connectivity index (χ4v) is 7.62. The van der Waals surface area contributed by atoms with E-state index >= 15 is 4.39 Å². The lowest BCUT2D eigenvalue weighted by Crippen LogP contribution is -2.71. The monoisotopic (exact) mass is 476 g/mol. The number of allylic oxidation sites excluding steroid dienone is 4. The summed E-state index contributed by atoms with van der Waals surface area (Å²) in [4.78, 5) is 51.2. The number of fused-ring (bicyclic) bond motifs is 5. The zero-order chi connectivity index (χ0) is 25.4. The molecular weight excluding hydrogens is 443 g/mol. The van der Waals surface area contributed by atoms with Gasteiger partial charge in [-0.2, -0.15) is 0 Å². The van der Waals surface area contributed by atoms with Gasteiger partial charge in [-0.1, -0.05) is 33.8 Å². The van der Waals surface area contributed by atoms with Gasteiger partial charge in [0.2, 0.25) is 5.78 Å². The highest BCUT2D eigenvalue weighted by molar-refractivity contribution is 6.10. The van der Waals surface area contributed by atoms with Gasteiger partial charge >= 0.3 is 5.97 Å². The third-order valence-corrected chi connectivity index (χ3v) is 9.32. The van der Waals surface area contributed by atoms with Crippen LogP contribution in [-0.2, 0) is 23.9 Å². The number of esters is 1. The predicted octanol–water partition coefficient (Wildman–Crippen LogP) is 2.28. The molecule has 7 nitrogen and oxygen atoms in total. The van der Waals surface area contributed by atoms with Crippen LogP contribution in [0.4, 0.5) is 4.39 Å². The number of ether oxygens (including phenoxy) is 1.